The van der Waals surface area contributed by atoms with Crippen LogP contribution in [0.5, 0.6) is 11.5 Å². The molecule has 1 aromatic carbocycles. The van der Waals surface area contributed by atoms with Gasteiger partial charge in [0.05, 0.1) is 0 Å². The first kappa shape index (κ1) is 15.5. The van der Waals surface area contributed by atoms with E-state index in [0.717, 1.165) is 4.88 Å². The van der Waals surface area contributed by atoms with E-state index in [1.165, 1.54) is 11.3 Å². The number of benzene rings is 1. The monoisotopic (exact) mass is 332 g/mol. The molecular weight excluding hydrogens is 316 g/mol. The number of aryl methyl sites for hydroxylation is 1. The first-order chi connectivity index (χ1) is 11.1. The van der Waals surface area contributed by atoms with E-state index in [4.69, 9.17) is 9.47 Å². The number of amides is 1. The number of hydrogen-bond donors (Lipinski definition) is 1. The van der Waals surface area contributed by atoms with Gasteiger partial charge in [-0.25, -0.2) is 4.98 Å². The molecule has 3 rings (SSSR count). The summed E-state index contributed by atoms with van der Waals surface area (Å²) in [6.45, 7) is 2.90. The molecular formula is C16H16N2O4S. The summed E-state index contributed by atoms with van der Waals surface area (Å²) < 4.78 is 10.9. The highest BCUT2D eigenvalue weighted by Gasteiger charge is 2.16. The van der Waals surface area contributed by atoms with Crippen molar-refractivity contribution in [2.75, 3.05) is 18.5 Å². The van der Waals surface area contributed by atoms with Gasteiger partial charge in [-0.05, 0) is 25.1 Å². The zero-order chi connectivity index (χ0) is 16.2. The third-order valence-electron chi connectivity index (χ3n) is 3.31. The van der Waals surface area contributed by atoms with Crippen molar-refractivity contribution in [2.24, 2.45) is 0 Å². The molecule has 2 aromatic rings. The van der Waals surface area contributed by atoms with E-state index in [9.17, 15) is 9.59 Å². The molecule has 7 heteroatoms. The third-order valence-corrected chi connectivity index (χ3v) is 4.14. The zero-order valence-corrected chi connectivity index (χ0v) is 13.4. The standard InChI is InChI=1S/C16H16N2O4S/c1-10-9-17-16(23-10)18-15(20)5-3-12(19)11-2-4-13-14(8-11)22-7-6-21-13/h2,4,8-9H,3,5-7H2,1H3,(H,17,18,20). The summed E-state index contributed by atoms with van der Waals surface area (Å²) in [4.78, 5) is 29.1. The molecule has 0 fully saturated rings. The van der Waals surface area contributed by atoms with Crippen LogP contribution in [0, 0.1) is 6.92 Å². The second-order valence-electron chi connectivity index (χ2n) is 5.11. The smallest absolute Gasteiger partial charge is 0.226 e. The van der Waals surface area contributed by atoms with Crippen molar-refractivity contribution >= 4 is 28.2 Å². The number of carbonyl (C=O) groups excluding carboxylic acids is 2. The summed E-state index contributed by atoms with van der Waals surface area (Å²) in [7, 11) is 0. The number of carbonyl (C=O) groups is 2. The molecule has 0 radical (unpaired) electrons. The average molecular weight is 332 g/mol. The molecule has 6 nitrogen and oxygen atoms in total. The van der Waals surface area contributed by atoms with Gasteiger partial charge in [0.2, 0.25) is 5.91 Å². The molecule has 0 spiro atoms. The number of fused-ring (bicyclic) bond motifs is 1. The Hall–Kier alpha value is -2.41. The molecule has 1 aromatic heterocycles. The van der Waals surface area contributed by atoms with Crippen molar-refractivity contribution in [1.82, 2.24) is 4.98 Å². The highest BCUT2D eigenvalue weighted by molar-refractivity contribution is 7.15. The van der Waals surface area contributed by atoms with Crippen LogP contribution in [-0.2, 0) is 4.79 Å². The van der Waals surface area contributed by atoms with E-state index >= 15 is 0 Å². The van der Waals surface area contributed by atoms with Gasteiger partial charge in [-0.3, -0.25) is 9.59 Å². The van der Waals surface area contributed by atoms with Gasteiger partial charge in [-0.1, -0.05) is 0 Å². The molecule has 0 saturated carbocycles. The normalized spacial score (nSPS) is 12.7. The van der Waals surface area contributed by atoms with E-state index < -0.39 is 0 Å². The Morgan fingerprint density at radius 2 is 2.00 bits per heavy atom. The molecule has 1 aliphatic heterocycles. The van der Waals surface area contributed by atoms with Gasteiger partial charge in [0.25, 0.3) is 0 Å². The Balaban J connectivity index is 1.55. The molecule has 1 aliphatic rings. The lowest BCUT2D eigenvalue weighted by Gasteiger charge is -2.18. The number of nitrogens with zero attached hydrogens (tertiary/aromatic N) is 1. The van der Waals surface area contributed by atoms with Gasteiger partial charge in [0.15, 0.2) is 22.4 Å². The van der Waals surface area contributed by atoms with E-state index in [0.29, 0.717) is 35.4 Å². The number of thiazole rings is 1. The lowest BCUT2D eigenvalue weighted by Crippen LogP contribution is -2.16. The Morgan fingerprint density at radius 1 is 1.22 bits per heavy atom. The highest BCUT2D eigenvalue weighted by atomic mass is 32.1. The summed E-state index contributed by atoms with van der Waals surface area (Å²) in [5.74, 6) is 0.896. The predicted octanol–water partition coefficient (Wildman–Crippen LogP) is 2.82. The lowest BCUT2D eigenvalue weighted by atomic mass is 10.1. The Morgan fingerprint density at radius 3 is 2.74 bits per heavy atom. The highest BCUT2D eigenvalue weighted by Crippen LogP contribution is 2.31. The number of aromatic nitrogens is 1. The van der Waals surface area contributed by atoms with E-state index in [-0.39, 0.29) is 24.5 Å². The fourth-order valence-corrected chi connectivity index (χ4v) is 2.86. The minimum Gasteiger partial charge on any atom is -0.486 e. The number of rotatable bonds is 5. The molecule has 0 atom stereocenters. The van der Waals surface area contributed by atoms with Crippen LogP contribution in [0.15, 0.2) is 24.4 Å². The minimum atomic E-state index is -0.217. The predicted molar refractivity (Wildman–Crippen MR) is 86.5 cm³/mol. The molecule has 1 N–H and O–H groups in total. The van der Waals surface area contributed by atoms with Crippen LogP contribution in [0.2, 0.25) is 0 Å². The maximum atomic E-state index is 12.2. The summed E-state index contributed by atoms with van der Waals surface area (Å²) in [5.41, 5.74) is 0.521. The van der Waals surface area contributed by atoms with Crippen LogP contribution in [0.1, 0.15) is 28.1 Å². The molecule has 0 unspecified atom stereocenters. The second kappa shape index (κ2) is 6.78. The van der Waals surface area contributed by atoms with E-state index in [1.807, 2.05) is 6.92 Å². The first-order valence-electron chi connectivity index (χ1n) is 7.27. The lowest BCUT2D eigenvalue weighted by molar-refractivity contribution is -0.116. The minimum absolute atomic E-state index is 0.104. The molecule has 0 aliphatic carbocycles. The quantitative estimate of drug-likeness (QED) is 0.852. The van der Waals surface area contributed by atoms with Gasteiger partial charge in [0.1, 0.15) is 13.2 Å². The number of ether oxygens (including phenoxy) is 2. The number of anilines is 1. The number of Topliss-reactive ketones (excluding diaryl/α,β-unsaturated/α-hetero) is 1. The van der Waals surface area contributed by atoms with Crippen LogP contribution < -0.4 is 14.8 Å². The van der Waals surface area contributed by atoms with Gasteiger partial charge in [-0.2, -0.15) is 0 Å². The summed E-state index contributed by atoms with van der Waals surface area (Å²) in [6.07, 6.45) is 1.95. The van der Waals surface area contributed by atoms with Crippen molar-refractivity contribution in [3.63, 3.8) is 0 Å². The van der Waals surface area contributed by atoms with Crippen molar-refractivity contribution in [3.8, 4) is 11.5 Å². The second-order valence-corrected chi connectivity index (χ2v) is 6.34. The van der Waals surface area contributed by atoms with Crippen molar-refractivity contribution in [2.45, 2.75) is 19.8 Å². The maximum absolute atomic E-state index is 12.2. The van der Waals surface area contributed by atoms with Crippen molar-refractivity contribution in [1.29, 1.82) is 0 Å². The molecule has 120 valence electrons. The summed E-state index contributed by atoms with van der Waals surface area (Å²) in [6, 6.07) is 5.08. The topological polar surface area (TPSA) is 77.5 Å². The zero-order valence-electron chi connectivity index (χ0n) is 12.6. The molecule has 2 heterocycles. The van der Waals surface area contributed by atoms with Crippen LogP contribution in [0.3, 0.4) is 0 Å². The van der Waals surface area contributed by atoms with Crippen molar-refractivity contribution in [3.05, 3.63) is 34.8 Å². The Bertz CT molecular complexity index is 741. The largest absolute Gasteiger partial charge is 0.486 e. The molecule has 23 heavy (non-hydrogen) atoms. The van der Waals surface area contributed by atoms with Gasteiger partial charge >= 0.3 is 0 Å². The van der Waals surface area contributed by atoms with Crippen molar-refractivity contribution < 1.29 is 19.1 Å². The summed E-state index contributed by atoms with van der Waals surface area (Å²) in [5, 5.41) is 3.25. The Labute approximate surface area is 137 Å². The fraction of sp³-hybridized carbons (Fsp3) is 0.312. The van der Waals surface area contributed by atoms with Gasteiger partial charge in [0, 0.05) is 29.5 Å². The number of ketones is 1. The van der Waals surface area contributed by atoms with E-state index in [2.05, 4.69) is 10.3 Å². The SMILES string of the molecule is Cc1cnc(NC(=O)CCC(=O)c2ccc3c(c2)OCCO3)s1. The van der Waals surface area contributed by atoms with Crippen LogP contribution in [0.25, 0.3) is 0 Å². The first-order valence-corrected chi connectivity index (χ1v) is 8.08. The fourth-order valence-electron chi connectivity index (χ4n) is 2.18. The number of nitrogens with one attached hydrogen (secondary N) is 1. The van der Waals surface area contributed by atoms with Crippen LogP contribution in [-0.4, -0.2) is 29.9 Å². The molecule has 0 saturated heterocycles. The Kier molecular flexibility index (Phi) is 4.57. The number of hydrogen-bond acceptors (Lipinski definition) is 6. The third kappa shape index (κ3) is 3.87. The average Bonchev–Trinajstić information content (AvgIpc) is 2.97. The molecule has 1 amide bonds. The van der Waals surface area contributed by atoms with Crippen LogP contribution >= 0.6 is 11.3 Å². The maximum Gasteiger partial charge on any atom is 0.226 e. The molecule has 0 bridgehead atoms. The van der Waals surface area contributed by atoms with Gasteiger partial charge < -0.3 is 14.8 Å². The van der Waals surface area contributed by atoms with E-state index in [1.54, 1.807) is 24.4 Å². The van der Waals surface area contributed by atoms with Gasteiger partial charge in [-0.15, -0.1) is 11.3 Å². The summed E-state index contributed by atoms with van der Waals surface area (Å²) >= 11 is 1.40. The van der Waals surface area contributed by atoms with Crippen LogP contribution in [0.4, 0.5) is 5.13 Å².